The van der Waals surface area contributed by atoms with Crippen molar-refractivity contribution in [2.45, 2.75) is 11.5 Å². The predicted octanol–water partition coefficient (Wildman–Crippen LogP) is 10.6. The average molecular weight is 805 g/mol. The standard InChI is InChI=1S/C16H14Cl4O2S2.2C7H7.Hf/c17-11-3-9(15(21)13(19)5-11)7-23-1-2-24-8-10-4-12(18)6-14(20)16(10)22;2*1-7-5-3-2-4-6-7;/h3-6,21-22H,1-2,7-8H2;2*2-6H,1H2;/q;2*-1;. The van der Waals surface area contributed by atoms with Crippen molar-refractivity contribution in [1.82, 2.24) is 0 Å². The Morgan fingerprint density at radius 1 is 0.564 bits per heavy atom. The molecule has 4 aromatic carbocycles. The Kier molecular flexibility index (Phi) is 18.4. The van der Waals surface area contributed by atoms with Crippen molar-refractivity contribution < 1.29 is 36.1 Å². The van der Waals surface area contributed by atoms with Crippen LogP contribution in [-0.2, 0) is 37.3 Å². The first-order valence-electron chi connectivity index (χ1n) is 11.4. The quantitative estimate of drug-likeness (QED) is 0.111. The predicted molar refractivity (Wildman–Crippen MR) is 170 cm³/mol. The molecule has 4 aromatic rings. The molecule has 0 bridgehead atoms. The molecule has 0 aliphatic carbocycles. The van der Waals surface area contributed by atoms with Crippen molar-refractivity contribution in [2.75, 3.05) is 11.5 Å². The number of hydrogen-bond donors (Lipinski definition) is 2. The molecule has 206 valence electrons. The topological polar surface area (TPSA) is 40.5 Å². The van der Waals surface area contributed by atoms with E-state index in [1.165, 1.54) is 12.1 Å². The minimum Gasteiger partial charge on any atom is -0.506 e. The van der Waals surface area contributed by atoms with Crippen LogP contribution in [0.1, 0.15) is 22.3 Å². The van der Waals surface area contributed by atoms with Crippen LogP contribution in [0.15, 0.2) is 84.9 Å². The fraction of sp³-hybridized carbons (Fsp3) is 0.133. The molecule has 0 heterocycles. The Labute approximate surface area is 279 Å². The van der Waals surface area contributed by atoms with Crippen LogP contribution < -0.4 is 0 Å². The number of halogens is 4. The fourth-order valence-electron chi connectivity index (χ4n) is 2.90. The van der Waals surface area contributed by atoms with Crippen LogP contribution in [0.3, 0.4) is 0 Å². The second kappa shape index (κ2) is 19.9. The molecule has 0 amide bonds. The zero-order valence-electron chi connectivity index (χ0n) is 21.0. The van der Waals surface area contributed by atoms with Gasteiger partial charge in [0.25, 0.3) is 0 Å². The summed E-state index contributed by atoms with van der Waals surface area (Å²) in [5, 5.41) is 21.3. The van der Waals surface area contributed by atoms with Crippen molar-refractivity contribution in [1.29, 1.82) is 0 Å². The Bertz CT molecular complexity index is 1160. The van der Waals surface area contributed by atoms with E-state index in [1.807, 2.05) is 60.7 Å². The molecule has 0 aliphatic heterocycles. The van der Waals surface area contributed by atoms with Gasteiger partial charge in [-0.1, -0.05) is 58.5 Å². The summed E-state index contributed by atoms with van der Waals surface area (Å²) in [6.07, 6.45) is 0. The normalized spacial score (nSPS) is 9.85. The van der Waals surface area contributed by atoms with E-state index in [9.17, 15) is 10.2 Å². The second-order valence-corrected chi connectivity index (χ2v) is 11.8. The molecule has 0 atom stereocenters. The van der Waals surface area contributed by atoms with Gasteiger partial charge in [0.1, 0.15) is 11.5 Å². The largest absolute Gasteiger partial charge is 0.506 e. The number of rotatable bonds is 7. The molecule has 39 heavy (non-hydrogen) atoms. The van der Waals surface area contributed by atoms with E-state index in [-0.39, 0.29) is 47.4 Å². The van der Waals surface area contributed by atoms with Gasteiger partial charge in [-0.05, 0) is 24.3 Å². The van der Waals surface area contributed by atoms with Crippen LogP contribution in [0.5, 0.6) is 11.5 Å². The molecule has 0 fully saturated rings. The molecule has 0 radical (unpaired) electrons. The summed E-state index contributed by atoms with van der Waals surface area (Å²) in [5.74, 6) is 3.17. The molecule has 0 aliphatic rings. The SMILES string of the molecule is Oc1c(Cl)cc(Cl)cc1CSCCSCc1cc(Cl)cc(Cl)c1O.[CH2-]c1ccccc1.[CH2-]c1ccccc1.[Hf]. The Hall–Kier alpha value is -1.05. The van der Waals surface area contributed by atoms with Crippen LogP contribution in [-0.4, -0.2) is 21.7 Å². The number of hydrogen-bond acceptors (Lipinski definition) is 4. The number of aromatic hydroxyl groups is 2. The molecule has 2 N–H and O–H groups in total. The number of benzene rings is 4. The molecule has 0 spiro atoms. The molecular formula is C30H28Cl4HfO2S2-2. The molecule has 9 heteroatoms. The van der Waals surface area contributed by atoms with E-state index >= 15 is 0 Å². The maximum atomic E-state index is 9.89. The zero-order valence-corrected chi connectivity index (χ0v) is 29.3. The van der Waals surface area contributed by atoms with Crippen LogP contribution in [0.25, 0.3) is 0 Å². The van der Waals surface area contributed by atoms with Crippen molar-refractivity contribution in [3.8, 4) is 11.5 Å². The number of phenolic OH excluding ortho intramolecular Hbond substituents is 2. The van der Waals surface area contributed by atoms with Gasteiger partial charge < -0.3 is 10.2 Å². The monoisotopic (exact) mass is 804 g/mol. The maximum Gasteiger partial charge on any atom is 0.138 e. The number of phenols is 2. The van der Waals surface area contributed by atoms with Crippen LogP contribution >= 0.6 is 69.9 Å². The van der Waals surface area contributed by atoms with E-state index in [0.717, 1.165) is 33.8 Å². The van der Waals surface area contributed by atoms with Gasteiger partial charge in [-0.25, -0.2) is 0 Å². The van der Waals surface area contributed by atoms with Gasteiger partial charge in [-0.2, -0.15) is 72.8 Å². The third-order valence-electron chi connectivity index (χ3n) is 4.79. The summed E-state index contributed by atoms with van der Waals surface area (Å²) >= 11 is 27.0. The maximum absolute atomic E-state index is 9.89. The molecule has 0 aromatic heterocycles. The second-order valence-electron chi connectivity index (χ2n) is 7.87. The Morgan fingerprint density at radius 3 is 1.18 bits per heavy atom. The first-order valence-corrected chi connectivity index (χ1v) is 15.2. The van der Waals surface area contributed by atoms with Crippen LogP contribution in [0, 0.1) is 13.8 Å². The molecule has 0 saturated heterocycles. The van der Waals surface area contributed by atoms with Gasteiger partial charge in [-0.15, -0.1) is 24.3 Å². The third-order valence-corrected chi connectivity index (χ3v) is 8.07. The Balaban J connectivity index is 0.000000410. The number of thioether (sulfide) groups is 2. The smallest absolute Gasteiger partial charge is 0.138 e. The van der Waals surface area contributed by atoms with Crippen molar-refractivity contribution in [3.05, 3.63) is 141 Å². The molecular weight excluding hydrogens is 777 g/mol. The van der Waals surface area contributed by atoms with E-state index in [1.54, 1.807) is 35.7 Å². The average Bonchev–Trinajstić information content (AvgIpc) is 2.88. The minimum atomic E-state index is 0. The molecule has 2 nitrogen and oxygen atoms in total. The Morgan fingerprint density at radius 2 is 0.897 bits per heavy atom. The first kappa shape index (κ1) is 36.0. The van der Waals surface area contributed by atoms with Gasteiger partial charge in [0.05, 0.1) is 10.0 Å². The summed E-state index contributed by atoms with van der Waals surface area (Å²) in [7, 11) is 0. The van der Waals surface area contributed by atoms with E-state index in [4.69, 9.17) is 46.4 Å². The van der Waals surface area contributed by atoms with Gasteiger partial charge in [0.2, 0.25) is 0 Å². The third kappa shape index (κ3) is 14.4. The van der Waals surface area contributed by atoms with E-state index in [0.29, 0.717) is 21.6 Å². The van der Waals surface area contributed by atoms with Gasteiger partial charge >= 0.3 is 0 Å². The van der Waals surface area contributed by atoms with Gasteiger partial charge in [-0.3, -0.25) is 0 Å². The van der Waals surface area contributed by atoms with Crippen LogP contribution in [0.2, 0.25) is 20.1 Å². The molecule has 4 rings (SSSR count). The molecule has 0 saturated carbocycles. The van der Waals surface area contributed by atoms with Crippen molar-refractivity contribution in [2.24, 2.45) is 0 Å². The van der Waals surface area contributed by atoms with E-state index in [2.05, 4.69) is 13.8 Å². The summed E-state index contributed by atoms with van der Waals surface area (Å²) in [5.41, 5.74) is 3.59. The summed E-state index contributed by atoms with van der Waals surface area (Å²) in [6, 6.07) is 26.2. The van der Waals surface area contributed by atoms with Gasteiger partial charge in [0.15, 0.2) is 0 Å². The van der Waals surface area contributed by atoms with Crippen LogP contribution in [0.4, 0.5) is 0 Å². The van der Waals surface area contributed by atoms with Crippen molar-refractivity contribution in [3.63, 3.8) is 0 Å². The first-order chi connectivity index (χ1) is 18.2. The van der Waals surface area contributed by atoms with Crippen molar-refractivity contribution >= 4 is 69.9 Å². The summed E-state index contributed by atoms with van der Waals surface area (Å²) < 4.78 is 0. The zero-order chi connectivity index (χ0) is 27.9. The summed E-state index contributed by atoms with van der Waals surface area (Å²) in [6.45, 7) is 7.44. The minimum absolute atomic E-state index is 0. The van der Waals surface area contributed by atoms with Gasteiger partial charge in [0, 0.05) is 70.0 Å². The molecule has 0 unspecified atom stereocenters. The summed E-state index contributed by atoms with van der Waals surface area (Å²) in [4.78, 5) is 0. The van der Waals surface area contributed by atoms with E-state index < -0.39 is 0 Å². The fourth-order valence-corrected chi connectivity index (χ4v) is 6.08.